The van der Waals surface area contributed by atoms with E-state index in [1.54, 1.807) is 23.1 Å². The molecule has 6 nitrogen and oxygen atoms in total. The van der Waals surface area contributed by atoms with Crippen LogP contribution >= 0.6 is 0 Å². The fraction of sp³-hybridized carbons (Fsp3) is 0.385. The number of hydrogen-bond donors (Lipinski definition) is 0. The predicted octanol–water partition coefficient (Wildman–Crippen LogP) is 1.38. The van der Waals surface area contributed by atoms with Crippen molar-refractivity contribution in [2.75, 3.05) is 7.11 Å². The van der Waals surface area contributed by atoms with E-state index < -0.39 is 0 Å². The second kappa shape index (κ2) is 5.60. The van der Waals surface area contributed by atoms with E-state index in [0.717, 1.165) is 17.0 Å². The monoisotopic (exact) mass is 260 g/mol. The Balaban J connectivity index is 2.27. The van der Waals surface area contributed by atoms with Gasteiger partial charge in [0.15, 0.2) is 0 Å². The summed E-state index contributed by atoms with van der Waals surface area (Å²) in [5, 5.41) is 4.42. The number of hydrogen-bond acceptors (Lipinski definition) is 5. The van der Waals surface area contributed by atoms with Crippen molar-refractivity contribution in [1.29, 1.82) is 0 Å². The quantitative estimate of drug-likeness (QED) is 0.777. The van der Waals surface area contributed by atoms with E-state index in [-0.39, 0.29) is 5.97 Å². The van der Waals surface area contributed by atoms with E-state index in [1.807, 2.05) is 13.8 Å². The molecule has 0 aromatic carbocycles. The SMILES string of the molecule is COC(=O)CCc1c(C)nn(-c2ncccn2)c1C. The molecule has 6 heteroatoms. The molecule has 0 aliphatic carbocycles. The summed E-state index contributed by atoms with van der Waals surface area (Å²) in [5.41, 5.74) is 2.87. The van der Waals surface area contributed by atoms with Gasteiger partial charge in [-0.15, -0.1) is 0 Å². The Labute approximate surface area is 111 Å². The lowest BCUT2D eigenvalue weighted by molar-refractivity contribution is -0.140. The Hall–Kier alpha value is -2.24. The fourth-order valence-electron chi connectivity index (χ4n) is 1.96. The van der Waals surface area contributed by atoms with Crippen LogP contribution in [0.5, 0.6) is 0 Å². The number of ether oxygens (including phenoxy) is 1. The van der Waals surface area contributed by atoms with E-state index in [1.165, 1.54) is 7.11 Å². The number of nitrogens with zero attached hydrogens (tertiary/aromatic N) is 4. The first-order chi connectivity index (χ1) is 9.13. The number of methoxy groups -OCH3 is 1. The average Bonchev–Trinajstić information content (AvgIpc) is 2.72. The van der Waals surface area contributed by atoms with Gasteiger partial charge in [0.25, 0.3) is 5.95 Å². The summed E-state index contributed by atoms with van der Waals surface area (Å²) in [6.45, 7) is 3.86. The molecule has 0 aliphatic heterocycles. The molecule has 2 aromatic heterocycles. The van der Waals surface area contributed by atoms with Gasteiger partial charge in [-0.25, -0.2) is 14.6 Å². The van der Waals surface area contributed by atoms with E-state index in [4.69, 9.17) is 0 Å². The summed E-state index contributed by atoms with van der Waals surface area (Å²) in [7, 11) is 1.39. The third kappa shape index (κ3) is 2.78. The molecule has 0 fully saturated rings. The van der Waals surface area contributed by atoms with Crippen LogP contribution in [-0.2, 0) is 16.0 Å². The van der Waals surface area contributed by atoms with Crippen LogP contribution in [-0.4, -0.2) is 32.8 Å². The predicted molar refractivity (Wildman–Crippen MR) is 69.0 cm³/mol. The topological polar surface area (TPSA) is 69.9 Å². The van der Waals surface area contributed by atoms with Crippen LogP contribution in [0.25, 0.3) is 5.95 Å². The third-order valence-corrected chi connectivity index (χ3v) is 2.99. The molecule has 2 heterocycles. The smallest absolute Gasteiger partial charge is 0.305 e. The molecular weight excluding hydrogens is 244 g/mol. The molecule has 0 radical (unpaired) electrons. The maximum Gasteiger partial charge on any atom is 0.305 e. The molecule has 0 saturated heterocycles. The molecule has 2 rings (SSSR count). The van der Waals surface area contributed by atoms with Gasteiger partial charge in [-0.3, -0.25) is 4.79 Å². The lowest BCUT2D eigenvalue weighted by atomic mass is 10.1. The van der Waals surface area contributed by atoms with Gasteiger partial charge < -0.3 is 4.74 Å². The Kier molecular flexibility index (Phi) is 3.89. The second-order valence-electron chi connectivity index (χ2n) is 4.19. The average molecular weight is 260 g/mol. The van der Waals surface area contributed by atoms with Crippen molar-refractivity contribution in [3.8, 4) is 5.95 Å². The van der Waals surface area contributed by atoms with Crippen molar-refractivity contribution in [3.63, 3.8) is 0 Å². The highest BCUT2D eigenvalue weighted by molar-refractivity contribution is 5.69. The maximum absolute atomic E-state index is 11.2. The summed E-state index contributed by atoms with van der Waals surface area (Å²) in [6.07, 6.45) is 4.30. The molecule has 0 spiro atoms. The standard InChI is InChI=1S/C13H16N4O2/c1-9-11(5-6-12(18)19-3)10(2)17(16-9)13-14-7-4-8-15-13/h4,7-8H,5-6H2,1-3H3. The zero-order valence-corrected chi connectivity index (χ0v) is 11.3. The zero-order chi connectivity index (χ0) is 13.8. The summed E-state index contributed by atoms with van der Waals surface area (Å²) < 4.78 is 6.35. The van der Waals surface area contributed by atoms with Crippen LogP contribution in [0.1, 0.15) is 23.4 Å². The summed E-state index contributed by atoms with van der Waals surface area (Å²) in [4.78, 5) is 19.6. The van der Waals surface area contributed by atoms with Crippen LogP contribution in [0.15, 0.2) is 18.5 Å². The van der Waals surface area contributed by atoms with Crippen molar-refractivity contribution in [3.05, 3.63) is 35.4 Å². The van der Waals surface area contributed by atoms with Gasteiger partial charge in [-0.05, 0) is 31.9 Å². The Morgan fingerprint density at radius 1 is 1.32 bits per heavy atom. The highest BCUT2D eigenvalue weighted by Gasteiger charge is 2.15. The molecule has 100 valence electrons. The minimum absolute atomic E-state index is 0.220. The van der Waals surface area contributed by atoms with E-state index in [9.17, 15) is 4.79 Å². The first-order valence-electron chi connectivity index (χ1n) is 6.02. The van der Waals surface area contributed by atoms with Crippen molar-refractivity contribution >= 4 is 5.97 Å². The molecule has 0 N–H and O–H groups in total. The van der Waals surface area contributed by atoms with Crippen molar-refractivity contribution in [2.24, 2.45) is 0 Å². The molecule has 19 heavy (non-hydrogen) atoms. The van der Waals surface area contributed by atoms with Crippen LogP contribution in [0.4, 0.5) is 0 Å². The lowest BCUT2D eigenvalue weighted by Crippen LogP contribution is -2.05. The second-order valence-corrected chi connectivity index (χ2v) is 4.19. The number of esters is 1. The minimum atomic E-state index is -0.220. The first kappa shape index (κ1) is 13.2. The number of aromatic nitrogens is 4. The largest absolute Gasteiger partial charge is 0.469 e. The molecule has 2 aromatic rings. The van der Waals surface area contributed by atoms with E-state index in [0.29, 0.717) is 18.8 Å². The number of rotatable bonds is 4. The Morgan fingerprint density at radius 2 is 2.00 bits per heavy atom. The van der Waals surface area contributed by atoms with Gasteiger partial charge >= 0.3 is 5.97 Å². The fourth-order valence-corrected chi connectivity index (χ4v) is 1.96. The number of aryl methyl sites for hydroxylation is 1. The van der Waals surface area contributed by atoms with Gasteiger partial charge in [0, 0.05) is 24.5 Å². The normalized spacial score (nSPS) is 10.5. The van der Waals surface area contributed by atoms with Gasteiger partial charge in [-0.1, -0.05) is 0 Å². The van der Waals surface area contributed by atoms with Crippen molar-refractivity contribution in [1.82, 2.24) is 19.7 Å². The molecule has 0 bridgehead atoms. The van der Waals surface area contributed by atoms with Crippen LogP contribution in [0.2, 0.25) is 0 Å². The van der Waals surface area contributed by atoms with Gasteiger partial charge in [0.1, 0.15) is 0 Å². The van der Waals surface area contributed by atoms with Crippen LogP contribution in [0.3, 0.4) is 0 Å². The minimum Gasteiger partial charge on any atom is -0.469 e. The summed E-state index contributed by atoms with van der Waals surface area (Å²) in [6, 6.07) is 1.76. The van der Waals surface area contributed by atoms with Gasteiger partial charge in [0.2, 0.25) is 0 Å². The third-order valence-electron chi connectivity index (χ3n) is 2.99. The van der Waals surface area contributed by atoms with Crippen LogP contribution < -0.4 is 0 Å². The summed E-state index contributed by atoms with van der Waals surface area (Å²) >= 11 is 0. The Bertz CT molecular complexity index is 578. The maximum atomic E-state index is 11.2. The number of carbonyl (C=O) groups is 1. The van der Waals surface area contributed by atoms with Crippen molar-refractivity contribution < 1.29 is 9.53 Å². The zero-order valence-electron chi connectivity index (χ0n) is 11.3. The van der Waals surface area contributed by atoms with Crippen LogP contribution in [0, 0.1) is 13.8 Å². The molecule has 0 atom stereocenters. The molecule has 0 aliphatic rings. The molecule has 0 saturated carbocycles. The van der Waals surface area contributed by atoms with E-state index >= 15 is 0 Å². The highest BCUT2D eigenvalue weighted by atomic mass is 16.5. The highest BCUT2D eigenvalue weighted by Crippen LogP contribution is 2.17. The lowest BCUT2D eigenvalue weighted by Gasteiger charge is -2.03. The molecule has 0 unspecified atom stereocenters. The van der Waals surface area contributed by atoms with Crippen molar-refractivity contribution in [2.45, 2.75) is 26.7 Å². The number of carbonyl (C=O) groups excluding carboxylic acids is 1. The molecule has 0 amide bonds. The molecular formula is C13H16N4O2. The first-order valence-corrected chi connectivity index (χ1v) is 6.02. The van der Waals surface area contributed by atoms with Gasteiger partial charge in [-0.2, -0.15) is 5.10 Å². The van der Waals surface area contributed by atoms with E-state index in [2.05, 4.69) is 19.8 Å². The summed E-state index contributed by atoms with van der Waals surface area (Å²) in [5.74, 6) is 0.315. The van der Waals surface area contributed by atoms with Gasteiger partial charge in [0.05, 0.1) is 12.8 Å². The Morgan fingerprint density at radius 3 is 2.63 bits per heavy atom.